The molecule has 7 N–H and O–H groups in total. The molecule has 2 rings (SSSR count). The molecule has 0 aromatic heterocycles. The summed E-state index contributed by atoms with van der Waals surface area (Å²) in [6, 6.07) is 14.1. The zero-order valence-electron chi connectivity index (χ0n) is 13.7. The number of ether oxygens (including phenoxy) is 1. The second-order valence-corrected chi connectivity index (χ2v) is 5.92. The van der Waals surface area contributed by atoms with Crippen LogP contribution in [-0.2, 0) is 4.74 Å². The maximum atomic E-state index is 11.4. The molecule has 0 aliphatic rings. The van der Waals surface area contributed by atoms with E-state index in [1.807, 2.05) is 26.8 Å². The molecule has 0 spiro atoms. The van der Waals surface area contributed by atoms with Crippen molar-refractivity contribution in [2.75, 3.05) is 22.5 Å². The second kappa shape index (κ2) is 7.93. The highest BCUT2D eigenvalue weighted by atomic mass is 16.6. The molecule has 0 radical (unpaired) electrons. The van der Waals surface area contributed by atoms with E-state index >= 15 is 0 Å². The molecule has 2 aromatic carbocycles. The van der Waals surface area contributed by atoms with Crippen LogP contribution in [-0.4, -0.2) is 11.7 Å². The topological polar surface area (TPSA) is 116 Å². The van der Waals surface area contributed by atoms with E-state index in [9.17, 15) is 4.79 Å². The van der Waals surface area contributed by atoms with Crippen molar-refractivity contribution >= 4 is 28.8 Å². The van der Waals surface area contributed by atoms with Crippen LogP contribution in [0, 0.1) is 0 Å². The first-order chi connectivity index (χ1) is 10.7. The van der Waals surface area contributed by atoms with Gasteiger partial charge in [-0.1, -0.05) is 12.1 Å². The van der Waals surface area contributed by atoms with Crippen molar-refractivity contribution in [1.82, 2.24) is 0 Å². The molecule has 0 saturated heterocycles. The lowest BCUT2D eigenvalue weighted by molar-refractivity contribution is 0.0636. The lowest BCUT2D eigenvalue weighted by atomic mass is 10.2. The van der Waals surface area contributed by atoms with Crippen LogP contribution in [0.5, 0.6) is 0 Å². The number of anilines is 4. The van der Waals surface area contributed by atoms with Crippen molar-refractivity contribution in [1.29, 1.82) is 0 Å². The largest absolute Gasteiger partial charge is 0.444 e. The Morgan fingerprint density at radius 2 is 1.39 bits per heavy atom. The van der Waals surface area contributed by atoms with E-state index in [-0.39, 0.29) is 0 Å². The fraction of sp³-hybridized carbons (Fsp3) is 0.235. The molecule has 124 valence electrons. The van der Waals surface area contributed by atoms with Crippen molar-refractivity contribution in [3.8, 4) is 0 Å². The van der Waals surface area contributed by atoms with Gasteiger partial charge in [0.1, 0.15) is 5.60 Å². The van der Waals surface area contributed by atoms with Gasteiger partial charge in [0, 0.05) is 22.7 Å². The van der Waals surface area contributed by atoms with Crippen molar-refractivity contribution in [3.63, 3.8) is 0 Å². The molecule has 0 heterocycles. The maximum Gasteiger partial charge on any atom is 0.412 e. The van der Waals surface area contributed by atoms with E-state index < -0.39 is 11.7 Å². The van der Waals surface area contributed by atoms with E-state index in [2.05, 4.69) is 5.32 Å². The summed E-state index contributed by atoms with van der Waals surface area (Å²) >= 11 is 0. The van der Waals surface area contributed by atoms with Gasteiger partial charge in [0.05, 0.1) is 0 Å². The predicted molar refractivity (Wildman–Crippen MR) is 96.0 cm³/mol. The monoisotopic (exact) mass is 316 g/mol. The van der Waals surface area contributed by atoms with E-state index in [1.54, 1.807) is 42.5 Å². The summed E-state index contributed by atoms with van der Waals surface area (Å²) in [4.78, 5) is 11.4. The van der Waals surface area contributed by atoms with Crippen LogP contribution in [0.25, 0.3) is 0 Å². The highest BCUT2D eigenvalue weighted by Crippen LogP contribution is 2.14. The number of nitrogens with one attached hydrogen (secondary N) is 1. The first-order valence-corrected chi connectivity index (χ1v) is 7.12. The summed E-state index contributed by atoms with van der Waals surface area (Å²) < 4.78 is 5.09. The standard InChI is InChI=1S/C11H16N2O2.C6H8N2/c1-11(2,3)15-10(14)13-9-6-4-5-8(12)7-9;7-5-2-1-3-6(8)4-5/h4-7H,12H2,1-3H3,(H,13,14);1-4H,7-8H2. The fourth-order valence-corrected chi connectivity index (χ4v) is 1.60. The molecular formula is C17H24N4O2. The van der Waals surface area contributed by atoms with Crippen molar-refractivity contribution in [2.24, 2.45) is 0 Å². The Morgan fingerprint density at radius 3 is 1.78 bits per heavy atom. The molecule has 2 aromatic rings. The van der Waals surface area contributed by atoms with Crippen LogP contribution in [0.1, 0.15) is 20.8 Å². The Hall–Kier alpha value is -2.89. The van der Waals surface area contributed by atoms with Crippen LogP contribution in [0.15, 0.2) is 48.5 Å². The summed E-state index contributed by atoms with van der Waals surface area (Å²) in [7, 11) is 0. The summed E-state index contributed by atoms with van der Waals surface area (Å²) in [6.07, 6.45) is -0.479. The Kier molecular flexibility index (Phi) is 6.26. The third-order valence-electron chi connectivity index (χ3n) is 2.44. The number of rotatable bonds is 1. The summed E-state index contributed by atoms with van der Waals surface area (Å²) in [5.41, 5.74) is 18.5. The van der Waals surface area contributed by atoms with Gasteiger partial charge >= 0.3 is 6.09 Å². The summed E-state index contributed by atoms with van der Waals surface area (Å²) in [5, 5.41) is 2.60. The predicted octanol–water partition coefficient (Wildman–Crippen LogP) is 3.47. The number of benzene rings is 2. The smallest absolute Gasteiger partial charge is 0.412 e. The van der Waals surface area contributed by atoms with Gasteiger partial charge in [-0.15, -0.1) is 0 Å². The lowest BCUT2D eigenvalue weighted by Crippen LogP contribution is -2.27. The maximum absolute atomic E-state index is 11.4. The number of nitrogen functional groups attached to an aromatic ring is 3. The lowest BCUT2D eigenvalue weighted by Gasteiger charge is -2.19. The van der Waals surface area contributed by atoms with Crippen LogP contribution in [0.2, 0.25) is 0 Å². The van der Waals surface area contributed by atoms with E-state index in [1.165, 1.54) is 0 Å². The minimum absolute atomic E-state index is 0.479. The number of hydrogen-bond acceptors (Lipinski definition) is 5. The average Bonchev–Trinajstić information content (AvgIpc) is 2.36. The Balaban J connectivity index is 0.000000277. The fourth-order valence-electron chi connectivity index (χ4n) is 1.60. The number of nitrogens with two attached hydrogens (primary N) is 3. The highest BCUT2D eigenvalue weighted by molar-refractivity contribution is 5.85. The third-order valence-corrected chi connectivity index (χ3v) is 2.44. The second-order valence-electron chi connectivity index (χ2n) is 5.92. The third kappa shape index (κ3) is 8.21. The number of carbonyl (C=O) groups excluding carboxylic acids is 1. The SMILES string of the molecule is CC(C)(C)OC(=O)Nc1cccc(N)c1.Nc1cccc(N)c1. The number of hydrogen-bond donors (Lipinski definition) is 4. The van der Waals surface area contributed by atoms with Crippen molar-refractivity contribution < 1.29 is 9.53 Å². The van der Waals surface area contributed by atoms with Crippen LogP contribution >= 0.6 is 0 Å². The van der Waals surface area contributed by atoms with Gasteiger partial charge in [-0.3, -0.25) is 5.32 Å². The molecule has 23 heavy (non-hydrogen) atoms. The quantitative estimate of drug-likeness (QED) is 0.601. The number of carbonyl (C=O) groups is 1. The van der Waals surface area contributed by atoms with Gasteiger partial charge in [-0.2, -0.15) is 0 Å². The molecule has 0 saturated carbocycles. The zero-order valence-corrected chi connectivity index (χ0v) is 13.7. The summed E-state index contributed by atoms with van der Waals surface area (Å²) in [6.45, 7) is 5.43. The molecule has 0 fully saturated rings. The molecule has 1 amide bonds. The minimum atomic E-state index is -0.496. The summed E-state index contributed by atoms with van der Waals surface area (Å²) in [5.74, 6) is 0. The van der Waals surface area contributed by atoms with E-state index in [0.717, 1.165) is 0 Å². The Morgan fingerprint density at radius 1 is 0.913 bits per heavy atom. The molecule has 0 aliphatic heterocycles. The van der Waals surface area contributed by atoms with Crippen molar-refractivity contribution in [3.05, 3.63) is 48.5 Å². The Bertz CT molecular complexity index is 634. The first-order valence-electron chi connectivity index (χ1n) is 7.12. The molecule has 0 unspecified atom stereocenters. The van der Waals surface area contributed by atoms with Crippen LogP contribution < -0.4 is 22.5 Å². The van der Waals surface area contributed by atoms with E-state index in [4.69, 9.17) is 21.9 Å². The van der Waals surface area contributed by atoms with Crippen LogP contribution in [0.4, 0.5) is 27.5 Å². The number of amides is 1. The molecule has 0 bridgehead atoms. The zero-order chi connectivity index (χ0) is 17.5. The minimum Gasteiger partial charge on any atom is -0.444 e. The highest BCUT2D eigenvalue weighted by Gasteiger charge is 2.15. The van der Waals surface area contributed by atoms with Gasteiger partial charge in [-0.05, 0) is 57.2 Å². The molecule has 6 heteroatoms. The molecule has 6 nitrogen and oxygen atoms in total. The first kappa shape index (κ1) is 18.2. The average molecular weight is 316 g/mol. The van der Waals surface area contributed by atoms with Crippen LogP contribution in [0.3, 0.4) is 0 Å². The normalized spacial score (nSPS) is 10.2. The van der Waals surface area contributed by atoms with Gasteiger partial charge in [-0.25, -0.2) is 4.79 Å². The molecule has 0 atom stereocenters. The van der Waals surface area contributed by atoms with E-state index in [0.29, 0.717) is 22.7 Å². The van der Waals surface area contributed by atoms with Gasteiger partial charge < -0.3 is 21.9 Å². The Labute approximate surface area is 136 Å². The van der Waals surface area contributed by atoms with Gasteiger partial charge in [0.25, 0.3) is 0 Å². The van der Waals surface area contributed by atoms with Gasteiger partial charge in [0.15, 0.2) is 0 Å². The molecule has 0 aliphatic carbocycles. The van der Waals surface area contributed by atoms with Gasteiger partial charge in [0.2, 0.25) is 0 Å². The van der Waals surface area contributed by atoms with Crippen molar-refractivity contribution in [2.45, 2.75) is 26.4 Å². The molecular weight excluding hydrogens is 292 g/mol.